The molecule has 1 aromatic heterocycles. The third-order valence-corrected chi connectivity index (χ3v) is 2.57. The fourth-order valence-electron chi connectivity index (χ4n) is 1.75. The van der Waals surface area contributed by atoms with Crippen LogP contribution in [0.5, 0.6) is 5.88 Å². The van der Waals surface area contributed by atoms with Gasteiger partial charge in [0, 0.05) is 12.8 Å². The molecule has 6 nitrogen and oxygen atoms in total. The van der Waals surface area contributed by atoms with Gasteiger partial charge in [-0.25, -0.2) is 9.48 Å². The van der Waals surface area contributed by atoms with Crippen LogP contribution in [0.4, 0.5) is 0 Å². The number of carboxylic acid groups (broad SMARTS) is 1. The molecule has 88 valence electrons. The largest absolute Gasteiger partial charge is 0.479 e. The minimum Gasteiger partial charge on any atom is -0.479 e. The normalized spacial score (nSPS) is 20.7. The van der Waals surface area contributed by atoms with Crippen molar-refractivity contribution in [3.63, 3.8) is 0 Å². The first-order chi connectivity index (χ1) is 7.72. The first kappa shape index (κ1) is 10.9. The van der Waals surface area contributed by atoms with E-state index >= 15 is 0 Å². The molecule has 1 unspecified atom stereocenters. The van der Waals surface area contributed by atoms with Gasteiger partial charge in [-0.15, -0.1) is 5.10 Å². The predicted molar refractivity (Wildman–Crippen MR) is 54.6 cm³/mol. The number of nitrogens with zero attached hydrogens (tertiary/aromatic N) is 2. The number of methoxy groups -OCH3 is 1. The number of ether oxygens (including phenoxy) is 2. The molecule has 0 bridgehead atoms. The Labute approximate surface area is 92.8 Å². The minimum atomic E-state index is -1.04. The maximum absolute atomic E-state index is 10.9. The van der Waals surface area contributed by atoms with E-state index in [0.717, 1.165) is 19.3 Å². The van der Waals surface area contributed by atoms with Crippen LogP contribution in [0, 0.1) is 0 Å². The Kier molecular flexibility index (Phi) is 3.09. The maximum Gasteiger partial charge on any atom is 0.342 e. The van der Waals surface area contributed by atoms with Crippen molar-refractivity contribution in [3.05, 3.63) is 11.8 Å². The van der Waals surface area contributed by atoms with Crippen molar-refractivity contribution in [3.8, 4) is 5.88 Å². The molecular weight excluding hydrogens is 212 g/mol. The van der Waals surface area contributed by atoms with Crippen molar-refractivity contribution < 1.29 is 19.4 Å². The lowest BCUT2D eigenvalue weighted by Gasteiger charge is -2.22. The molecule has 0 saturated carbocycles. The van der Waals surface area contributed by atoms with E-state index in [0.29, 0.717) is 6.61 Å². The molecule has 1 aliphatic heterocycles. The molecule has 0 aliphatic carbocycles. The first-order valence-electron chi connectivity index (χ1n) is 5.20. The molecule has 1 aromatic rings. The van der Waals surface area contributed by atoms with E-state index in [1.54, 1.807) is 0 Å². The molecule has 1 N–H and O–H groups in total. The molecule has 0 aromatic carbocycles. The number of hydrogen-bond donors (Lipinski definition) is 1. The summed E-state index contributed by atoms with van der Waals surface area (Å²) in [5, 5.41) is 13.0. The Morgan fingerprint density at radius 1 is 1.69 bits per heavy atom. The molecule has 1 saturated heterocycles. The molecule has 1 atom stereocenters. The lowest BCUT2D eigenvalue weighted by Crippen LogP contribution is -2.18. The lowest BCUT2D eigenvalue weighted by molar-refractivity contribution is -0.0399. The van der Waals surface area contributed by atoms with E-state index in [9.17, 15) is 4.79 Å². The van der Waals surface area contributed by atoms with Crippen molar-refractivity contribution in [1.82, 2.24) is 9.78 Å². The van der Waals surface area contributed by atoms with Gasteiger partial charge < -0.3 is 14.6 Å². The Hall–Kier alpha value is -1.56. The molecule has 0 spiro atoms. The number of carboxylic acids is 1. The second kappa shape index (κ2) is 4.52. The zero-order valence-corrected chi connectivity index (χ0v) is 9.05. The maximum atomic E-state index is 10.9. The number of rotatable bonds is 3. The van der Waals surface area contributed by atoms with Gasteiger partial charge in [0.05, 0.1) is 7.11 Å². The average molecular weight is 226 g/mol. The molecule has 2 rings (SSSR count). The van der Waals surface area contributed by atoms with Gasteiger partial charge in [0.2, 0.25) is 5.88 Å². The van der Waals surface area contributed by atoms with E-state index in [2.05, 4.69) is 5.10 Å². The zero-order chi connectivity index (χ0) is 11.5. The standard InChI is InChI=1S/C10H14N2O4/c1-15-9-7(10(13)14)6-12(11-9)8-4-2-3-5-16-8/h6,8H,2-5H2,1H3,(H,13,14). The summed E-state index contributed by atoms with van der Waals surface area (Å²) in [6.07, 6.45) is 4.24. The van der Waals surface area contributed by atoms with Crippen LogP contribution in [0.15, 0.2) is 6.20 Å². The van der Waals surface area contributed by atoms with Gasteiger partial charge in [-0.1, -0.05) is 0 Å². The Balaban J connectivity index is 2.24. The zero-order valence-electron chi connectivity index (χ0n) is 9.05. The molecule has 6 heteroatoms. The van der Waals surface area contributed by atoms with Crippen LogP contribution in [0.2, 0.25) is 0 Å². The predicted octanol–water partition coefficient (Wildman–Crippen LogP) is 1.29. The Morgan fingerprint density at radius 3 is 3.00 bits per heavy atom. The topological polar surface area (TPSA) is 73.6 Å². The fraction of sp³-hybridized carbons (Fsp3) is 0.600. The number of aromatic carboxylic acids is 1. The average Bonchev–Trinajstić information content (AvgIpc) is 2.74. The van der Waals surface area contributed by atoms with Crippen molar-refractivity contribution in [2.24, 2.45) is 0 Å². The van der Waals surface area contributed by atoms with Crippen LogP contribution in [0.25, 0.3) is 0 Å². The van der Waals surface area contributed by atoms with Crippen LogP contribution >= 0.6 is 0 Å². The van der Waals surface area contributed by atoms with Crippen molar-refractivity contribution in [2.45, 2.75) is 25.5 Å². The third kappa shape index (κ3) is 2.01. The van der Waals surface area contributed by atoms with E-state index in [-0.39, 0.29) is 17.7 Å². The summed E-state index contributed by atoms with van der Waals surface area (Å²) in [4.78, 5) is 10.9. The van der Waals surface area contributed by atoms with Crippen molar-refractivity contribution in [2.75, 3.05) is 13.7 Å². The summed E-state index contributed by atoms with van der Waals surface area (Å²) >= 11 is 0. The third-order valence-electron chi connectivity index (χ3n) is 2.57. The SMILES string of the molecule is COc1nn(C2CCCCO2)cc1C(=O)O. The number of aromatic nitrogens is 2. The van der Waals surface area contributed by atoms with Crippen LogP contribution in [0.3, 0.4) is 0 Å². The highest BCUT2D eigenvalue weighted by atomic mass is 16.5. The van der Waals surface area contributed by atoms with Gasteiger partial charge >= 0.3 is 5.97 Å². The van der Waals surface area contributed by atoms with E-state index < -0.39 is 5.97 Å². The van der Waals surface area contributed by atoms with E-state index in [4.69, 9.17) is 14.6 Å². The summed E-state index contributed by atoms with van der Waals surface area (Å²) in [5.74, 6) is -0.916. The first-order valence-corrected chi connectivity index (χ1v) is 5.20. The quantitative estimate of drug-likeness (QED) is 0.840. The van der Waals surface area contributed by atoms with Gasteiger partial charge in [-0.2, -0.15) is 0 Å². The highest BCUT2D eigenvalue weighted by molar-refractivity contribution is 5.89. The molecule has 0 radical (unpaired) electrons. The monoisotopic (exact) mass is 226 g/mol. The van der Waals surface area contributed by atoms with Gasteiger partial charge in [-0.05, 0) is 19.3 Å². The summed E-state index contributed by atoms with van der Waals surface area (Å²) in [6, 6.07) is 0. The summed E-state index contributed by atoms with van der Waals surface area (Å²) in [6.45, 7) is 0.690. The van der Waals surface area contributed by atoms with Gasteiger partial charge in [0.1, 0.15) is 11.8 Å². The van der Waals surface area contributed by atoms with E-state index in [1.165, 1.54) is 18.0 Å². The van der Waals surface area contributed by atoms with Gasteiger partial charge in [0.15, 0.2) is 0 Å². The fourth-order valence-corrected chi connectivity index (χ4v) is 1.75. The Bertz CT molecular complexity index is 382. The Morgan fingerprint density at radius 2 is 2.50 bits per heavy atom. The molecule has 2 heterocycles. The molecule has 1 aliphatic rings. The summed E-state index contributed by atoms with van der Waals surface area (Å²) in [5.41, 5.74) is 0.0664. The van der Waals surface area contributed by atoms with Gasteiger partial charge in [0.25, 0.3) is 0 Å². The number of hydrogen-bond acceptors (Lipinski definition) is 4. The molecule has 1 fully saturated rings. The second-order valence-corrected chi connectivity index (χ2v) is 3.66. The minimum absolute atomic E-state index is 0.0664. The molecule has 0 amide bonds. The van der Waals surface area contributed by atoms with Crippen LogP contribution in [-0.2, 0) is 4.74 Å². The van der Waals surface area contributed by atoms with E-state index in [1.807, 2.05) is 0 Å². The highest BCUT2D eigenvalue weighted by Gasteiger charge is 2.22. The van der Waals surface area contributed by atoms with Crippen LogP contribution in [0.1, 0.15) is 35.8 Å². The highest BCUT2D eigenvalue weighted by Crippen LogP contribution is 2.25. The number of carbonyl (C=O) groups is 1. The van der Waals surface area contributed by atoms with Gasteiger partial charge in [-0.3, -0.25) is 0 Å². The van der Waals surface area contributed by atoms with Crippen LogP contribution in [-0.4, -0.2) is 34.6 Å². The molecule has 16 heavy (non-hydrogen) atoms. The van der Waals surface area contributed by atoms with Crippen molar-refractivity contribution >= 4 is 5.97 Å². The van der Waals surface area contributed by atoms with Crippen molar-refractivity contribution in [1.29, 1.82) is 0 Å². The van der Waals surface area contributed by atoms with Crippen LogP contribution < -0.4 is 4.74 Å². The smallest absolute Gasteiger partial charge is 0.342 e. The summed E-state index contributed by atoms with van der Waals surface area (Å²) < 4.78 is 11.9. The summed E-state index contributed by atoms with van der Waals surface area (Å²) in [7, 11) is 1.40. The molecular formula is C10H14N2O4. The lowest BCUT2D eigenvalue weighted by atomic mass is 10.2. The second-order valence-electron chi connectivity index (χ2n) is 3.66.